The van der Waals surface area contributed by atoms with Crippen LogP contribution in [0.2, 0.25) is 0 Å². The number of hydrogen-bond acceptors (Lipinski definition) is 7. The molecule has 0 spiro atoms. The van der Waals surface area contributed by atoms with E-state index in [0.717, 1.165) is 17.0 Å². The van der Waals surface area contributed by atoms with Gasteiger partial charge in [0.2, 0.25) is 0 Å². The summed E-state index contributed by atoms with van der Waals surface area (Å²) in [4.78, 5) is 43.7. The average Bonchev–Trinajstić information content (AvgIpc) is 3.33. The highest BCUT2D eigenvalue weighted by Gasteiger charge is 2.63. The monoisotopic (exact) mass is 567 g/mol. The number of alkyl halides is 3. The maximum atomic E-state index is 12.9. The SMILES string of the molecule is COC(=O)C1(c2cn(-c3ccc(C(F)(F)F)cc3)cn2)CC1CCCN(C(=O)OC(C)(C)C)C(=O)OC(C)(C)C. The summed E-state index contributed by atoms with van der Waals surface area (Å²) in [5.74, 6) is -0.665. The van der Waals surface area contributed by atoms with Crippen molar-refractivity contribution in [3.8, 4) is 5.69 Å². The number of benzene rings is 1. The van der Waals surface area contributed by atoms with Gasteiger partial charge in [-0.2, -0.15) is 13.2 Å². The summed E-state index contributed by atoms with van der Waals surface area (Å²) in [7, 11) is 1.28. The van der Waals surface area contributed by atoms with Crippen LogP contribution in [0.4, 0.5) is 22.8 Å². The van der Waals surface area contributed by atoms with Crippen molar-refractivity contribution in [2.24, 2.45) is 5.92 Å². The Morgan fingerprint density at radius 1 is 1.00 bits per heavy atom. The number of imidazole rings is 1. The second kappa shape index (κ2) is 11.1. The van der Waals surface area contributed by atoms with E-state index in [1.807, 2.05) is 0 Å². The van der Waals surface area contributed by atoms with Crippen molar-refractivity contribution in [1.82, 2.24) is 14.5 Å². The molecule has 9 nitrogen and oxygen atoms in total. The second-order valence-corrected chi connectivity index (χ2v) is 11.8. The Kier molecular flexibility index (Phi) is 8.62. The first-order chi connectivity index (χ1) is 18.4. The second-order valence-electron chi connectivity index (χ2n) is 11.8. The molecule has 0 saturated heterocycles. The summed E-state index contributed by atoms with van der Waals surface area (Å²) in [5.41, 5.74) is -2.56. The standard InChI is InChI=1S/C28H36F3N3O6/c1-25(2,3)39-23(36)34(24(37)40-26(4,5)6)14-8-9-19-15-27(19,22(35)38-7)21-16-33(17-32-21)20-12-10-18(11-13-20)28(29,30)31/h10-13,16-17,19H,8-9,14-15H2,1-7H3. The average molecular weight is 568 g/mol. The molecule has 2 unspecified atom stereocenters. The minimum Gasteiger partial charge on any atom is -0.468 e. The number of carbonyl (C=O) groups is 3. The topological polar surface area (TPSA) is 100.0 Å². The van der Waals surface area contributed by atoms with Gasteiger partial charge in [-0.15, -0.1) is 0 Å². The van der Waals surface area contributed by atoms with Gasteiger partial charge in [0.1, 0.15) is 16.6 Å². The summed E-state index contributed by atoms with van der Waals surface area (Å²) >= 11 is 0. The molecular weight excluding hydrogens is 531 g/mol. The molecule has 3 rings (SSSR count). The van der Waals surface area contributed by atoms with Crippen molar-refractivity contribution in [2.75, 3.05) is 13.7 Å². The van der Waals surface area contributed by atoms with Crippen LogP contribution in [0.15, 0.2) is 36.8 Å². The van der Waals surface area contributed by atoms with Crippen molar-refractivity contribution in [3.05, 3.63) is 48.0 Å². The Morgan fingerprint density at radius 2 is 1.55 bits per heavy atom. The normalized spacial score (nSPS) is 19.1. The highest BCUT2D eigenvalue weighted by molar-refractivity contribution is 5.88. The zero-order valence-electron chi connectivity index (χ0n) is 23.8. The van der Waals surface area contributed by atoms with E-state index in [4.69, 9.17) is 14.2 Å². The highest BCUT2D eigenvalue weighted by Crippen LogP contribution is 2.57. The maximum absolute atomic E-state index is 12.9. The summed E-state index contributed by atoms with van der Waals surface area (Å²) in [5, 5.41) is 0. The molecule has 0 N–H and O–H groups in total. The Labute approximate surface area is 231 Å². The van der Waals surface area contributed by atoms with Crippen molar-refractivity contribution in [2.45, 2.75) is 83.6 Å². The molecule has 1 saturated carbocycles. The fourth-order valence-corrected chi connectivity index (χ4v) is 4.43. The number of halogens is 3. The van der Waals surface area contributed by atoms with Crippen LogP contribution < -0.4 is 0 Å². The first-order valence-corrected chi connectivity index (χ1v) is 12.9. The van der Waals surface area contributed by atoms with E-state index in [0.29, 0.717) is 30.6 Å². The molecule has 12 heteroatoms. The first kappa shape index (κ1) is 31.0. The number of ether oxygens (including phenoxy) is 3. The van der Waals surface area contributed by atoms with Crippen molar-refractivity contribution < 1.29 is 41.8 Å². The highest BCUT2D eigenvalue weighted by atomic mass is 19.4. The fraction of sp³-hybridized carbons (Fsp3) is 0.571. The molecule has 2 aromatic rings. The Hall–Kier alpha value is -3.57. The number of hydrogen-bond donors (Lipinski definition) is 0. The van der Waals surface area contributed by atoms with E-state index < -0.39 is 46.5 Å². The third-order valence-corrected chi connectivity index (χ3v) is 6.35. The van der Waals surface area contributed by atoms with Crippen LogP contribution in [0, 0.1) is 5.92 Å². The van der Waals surface area contributed by atoms with Crippen molar-refractivity contribution in [1.29, 1.82) is 0 Å². The number of imide groups is 1. The van der Waals surface area contributed by atoms with Gasteiger partial charge in [0.25, 0.3) is 0 Å². The lowest BCUT2D eigenvalue weighted by molar-refractivity contribution is -0.144. The van der Waals surface area contributed by atoms with E-state index in [1.54, 1.807) is 52.3 Å². The van der Waals surface area contributed by atoms with E-state index in [9.17, 15) is 27.6 Å². The molecule has 220 valence electrons. The minimum atomic E-state index is -4.45. The van der Waals surface area contributed by atoms with Crippen LogP contribution >= 0.6 is 0 Å². The number of amides is 2. The summed E-state index contributed by atoms with van der Waals surface area (Å²) in [6, 6.07) is 4.61. The van der Waals surface area contributed by atoms with E-state index in [-0.39, 0.29) is 12.5 Å². The molecule has 1 fully saturated rings. The number of carbonyl (C=O) groups excluding carboxylic acids is 3. The number of nitrogens with zero attached hydrogens (tertiary/aromatic N) is 3. The predicted molar refractivity (Wildman–Crippen MR) is 139 cm³/mol. The fourth-order valence-electron chi connectivity index (χ4n) is 4.43. The number of rotatable bonds is 7. The van der Waals surface area contributed by atoms with Gasteiger partial charge in [0, 0.05) is 18.4 Å². The number of aromatic nitrogens is 2. The Bertz CT molecular complexity index is 1200. The number of methoxy groups -OCH3 is 1. The lowest BCUT2D eigenvalue weighted by atomic mass is 9.97. The molecule has 1 aromatic heterocycles. The molecule has 1 aliphatic rings. The van der Waals surface area contributed by atoms with Crippen LogP contribution in [0.3, 0.4) is 0 Å². The molecule has 0 radical (unpaired) electrons. The molecule has 0 bridgehead atoms. The lowest BCUT2D eigenvalue weighted by Crippen LogP contribution is -2.44. The van der Waals surface area contributed by atoms with Crippen molar-refractivity contribution >= 4 is 18.2 Å². The molecule has 40 heavy (non-hydrogen) atoms. The van der Waals surface area contributed by atoms with Gasteiger partial charge in [-0.3, -0.25) is 4.79 Å². The Balaban J connectivity index is 1.73. The molecule has 2 amide bonds. The predicted octanol–water partition coefficient (Wildman–Crippen LogP) is 6.27. The molecule has 1 aromatic carbocycles. The zero-order valence-corrected chi connectivity index (χ0v) is 23.8. The van der Waals surface area contributed by atoms with E-state index in [1.165, 1.54) is 25.6 Å². The largest absolute Gasteiger partial charge is 0.468 e. The van der Waals surface area contributed by atoms with Crippen LogP contribution in [-0.2, 0) is 30.6 Å². The van der Waals surface area contributed by atoms with Crippen LogP contribution in [-0.4, -0.2) is 57.5 Å². The van der Waals surface area contributed by atoms with E-state index >= 15 is 0 Å². The van der Waals surface area contributed by atoms with Gasteiger partial charge in [0.15, 0.2) is 0 Å². The van der Waals surface area contributed by atoms with Crippen LogP contribution in [0.1, 0.15) is 72.1 Å². The van der Waals surface area contributed by atoms with Gasteiger partial charge in [-0.05, 0) is 91.0 Å². The zero-order chi connectivity index (χ0) is 30.1. The molecule has 1 aliphatic carbocycles. The summed E-state index contributed by atoms with van der Waals surface area (Å²) < 4.78 is 56.1. The summed E-state index contributed by atoms with van der Waals surface area (Å²) in [6.07, 6.45) is -1.80. The van der Waals surface area contributed by atoms with Crippen molar-refractivity contribution in [3.63, 3.8) is 0 Å². The molecular formula is C28H36F3N3O6. The molecule has 0 aliphatic heterocycles. The van der Waals surface area contributed by atoms with Gasteiger partial charge in [-0.25, -0.2) is 19.5 Å². The third kappa shape index (κ3) is 7.33. The molecule has 2 atom stereocenters. The maximum Gasteiger partial charge on any atom is 0.419 e. The lowest BCUT2D eigenvalue weighted by Gasteiger charge is -2.28. The van der Waals surface area contributed by atoms with Gasteiger partial charge in [-0.1, -0.05) is 0 Å². The first-order valence-electron chi connectivity index (χ1n) is 12.9. The smallest absolute Gasteiger partial charge is 0.419 e. The van der Waals surface area contributed by atoms with Gasteiger partial charge >= 0.3 is 24.3 Å². The quantitative estimate of drug-likeness (QED) is 0.287. The van der Waals surface area contributed by atoms with Crippen LogP contribution in [0.25, 0.3) is 5.69 Å². The van der Waals surface area contributed by atoms with E-state index in [2.05, 4.69) is 4.98 Å². The molecule has 1 heterocycles. The third-order valence-electron chi connectivity index (χ3n) is 6.35. The van der Waals surface area contributed by atoms with Crippen LogP contribution in [0.5, 0.6) is 0 Å². The van der Waals surface area contributed by atoms with Gasteiger partial charge in [0.05, 0.1) is 24.7 Å². The Morgan fingerprint density at radius 3 is 2.02 bits per heavy atom. The number of esters is 1. The van der Waals surface area contributed by atoms with Gasteiger partial charge < -0.3 is 18.8 Å². The minimum absolute atomic E-state index is 0.0115. The summed E-state index contributed by atoms with van der Waals surface area (Å²) in [6.45, 7) is 10.2.